The summed E-state index contributed by atoms with van der Waals surface area (Å²) in [5, 5.41) is 7.07. The molecule has 0 radical (unpaired) electrons. The molecule has 2 fully saturated rings. The third-order valence-electron chi connectivity index (χ3n) is 3.65. The molecule has 1 saturated heterocycles. The Morgan fingerprint density at radius 1 is 1.13 bits per heavy atom. The number of nitrogens with zero attached hydrogens (tertiary/aromatic N) is 1. The van der Waals surface area contributed by atoms with E-state index in [2.05, 4.69) is 15.5 Å². The number of hydrogen-bond acceptors (Lipinski definition) is 3. The first-order valence-electron chi connectivity index (χ1n) is 6.61. The van der Waals surface area contributed by atoms with Gasteiger partial charge in [-0.2, -0.15) is 0 Å². The Balaban J connectivity index is 1.47. The monoisotopic (exact) mass is 211 g/mol. The van der Waals surface area contributed by atoms with Gasteiger partial charge in [-0.25, -0.2) is 0 Å². The Hall–Kier alpha value is -0.120. The van der Waals surface area contributed by atoms with E-state index < -0.39 is 0 Å². The zero-order chi connectivity index (χ0) is 10.3. The van der Waals surface area contributed by atoms with E-state index in [-0.39, 0.29) is 0 Å². The lowest BCUT2D eigenvalue weighted by Gasteiger charge is -2.27. The van der Waals surface area contributed by atoms with Gasteiger partial charge in [0.25, 0.3) is 0 Å². The molecule has 2 aliphatic rings. The molecule has 0 aromatic rings. The lowest BCUT2D eigenvalue weighted by atomic mass is 10.2. The van der Waals surface area contributed by atoms with Crippen molar-refractivity contribution in [3.63, 3.8) is 0 Å². The van der Waals surface area contributed by atoms with Gasteiger partial charge in [0.1, 0.15) is 0 Å². The van der Waals surface area contributed by atoms with Gasteiger partial charge in [0.15, 0.2) is 0 Å². The second-order valence-electron chi connectivity index (χ2n) is 4.88. The van der Waals surface area contributed by atoms with Gasteiger partial charge in [-0.3, -0.25) is 0 Å². The predicted octanol–water partition coefficient (Wildman–Crippen LogP) is 0.814. The minimum Gasteiger partial charge on any atom is -0.314 e. The Morgan fingerprint density at radius 2 is 1.87 bits per heavy atom. The van der Waals surface area contributed by atoms with Crippen LogP contribution in [0.4, 0.5) is 0 Å². The fraction of sp³-hybridized carbons (Fsp3) is 1.00. The Labute approximate surface area is 93.6 Å². The van der Waals surface area contributed by atoms with E-state index in [1.807, 2.05) is 0 Å². The van der Waals surface area contributed by atoms with E-state index in [9.17, 15) is 0 Å². The van der Waals surface area contributed by atoms with Gasteiger partial charge >= 0.3 is 0 Å². The normalized spacial score (nSPS) is 24.8. The SMILES string of the molecule is C1CCC(NCCCN2CCNCC2)C1. The van der Waals surface area contributed by atoms with Crippen molar-refractivity contribution < 1.29 is 0 Å². The first-order chi connectivity index (χ1) is 7.45. The minimum atomic E-state index is 0.841. The zero-order valence-electron chi connectivity index (χ0n) is 9.80. The van der Waals surface area contributed by atoms with E-state index in [0.29, 0.717) is 0 Å². The zero-order valence-corrected chi connectivity index (χ0v) is 9.80. The second-order valence-corrected chi connectivity index (χ2v) is 4.88. The smallest absolute Gasteiger partial charge is 0.0107 e. The summed E-state index contributed by atoms with van der Waals surface area (Å²) < 4.78 is 0. The summed E-state index contributed by atoms with van der Waals surface area (Å²) in [6.07, 6.45) is 7.02. The van der Waals surface area contributed by atoms with Crippen molar-refractivity contribution >= 4 is 0 Å². The molecule has 88 valence electrons. The quantitative estimate of drug-likeness (QED) is 0.659. The topological polar surface area (TPSA) is 27.3 Å². The van der Waals surface area contributed by atoms with Crippen molar-refractivity contribution in [2.75, 3.05) is 39.3 Å². The van der Waals surface area contributed by atoms with Crippen molar-refractivity contribution in [1.82, 2.24) is 15.5 Å². The second kappa shape index (κ2) is 6.46. The summed E-state index contributed by atoms with van der Waals surface area (Å²) in [4.78, 5) is 2.58. The molecule has 0 aromatic heterocycles. The first kappa shape index (κ1) is 11.4. The summed E-state index contributed by atoms with van der Waals surface area (Å²) in [6, 6.07) is 0.841. The Kier molecular flexibility index (Phi) is 4.90. The lowest BCUT2D eigenvalue weighted by molar-refractivity contribution is 0.236. The third-order valence-corrected chi connectivity index (χ3v) is 3.65. The largest absolute Gasteiger partial charge is 0.314 e. The van der Waals surface area contributed by atoms with Crippen molar-refractivity contribution in [1.29, 1.82) is 0 Å². The molecule has 1 saturated carbocycles. The van der Waals surface area contributed by atoms with E-state index in [1.54, 1.807) is 0 Å². The van der Waals surface area contributed by atoms with E-state index >= 15 is 0 Å². The third kappa shape index (κ3) is 4.09. The summed E-state index contributed by atoms with van der Waals surface area (Å²) in [5.74, 6) is 0. The maximum absolute atomic E-state index is 3.68. The minimum absolute atomic E-state index is 0.841. The van der Waals surface area contributed by atoms with E-state index in [4.69, 9.17) is 0 Å². The number of nitrogens with one attached hydrogen (secondary N) is 2. The van der Waals surface area contributed by atoms with Crippen LogP contribution in [0.15, 0.2) is 0 Å². The highest BCUT2D eigenvalue weighted by Gasteiger charge is 2.14. The number of piperazine rings is 1. The lowest BCUT2D eigenvalue weighted by Crippen LogP contribution is -2.44. The highest BCUT2D eigenvalue weighted by atomic mass is 15.2. The highest BCUT2D eigenvalue weighted by Crippen LogP contribution is 2.17. The average molecular weight is 211 g/mol. The molecule has 0 aromatic carbocycles. The van der Waals surface area contributed by atoms with Crippen LogP contribution in [-0.2, 0) is 0 Å². The number of hydrogen-bond donors (Lipinski definition) is 2. The van der Waals surface area contributed by atoms with Crippen LogP contribution < -0.4 is 10.6 Å². The summed E-state index contributed by atoms with van der Waals surface area (Å²) >= 11 is 0. The van der Waals surface area contributed by atoms with Crippen LogP contribution in [0.25, 0.3) is 0 Å². The van der Waals surface area contributed by atoms with Crippen LogP contribution in [0.5, 0.6) is 0 Å². The molecular formula is C12H25N3. The molecule has 3 nitrogen and oxygen atoms in total. The van der Waals surface area contributed by atoms with E-state index in [0.717, 1.165) is 6.04 Å². The van der Waals surface area contributed by atoms with Crippen LogP contribution >= 0.6 is 0 Å². The van der Waals surface area contributed by atoms with Gasteiger partial charge in [0.2, 0.25) is 0 Å². The molecule has 2 rings (SSSR count). The fourth-order valence-corrected chi connectivity index (χ4v) is 2.67. The van der Waals surface area contributed by atoms with Crippen molar-refractivity contribution in [3.8, 4) is 0 Å². The van der Waals surface area contributed by atoms with Gasteiger partial charge < -0.3 is 15.5 Å². The Bertz CT molecular complexity index is 160. The number of rotatable bonds is 5. The van der Waals surface area contributed by atoms with Crippen LogP contribution in [-0.4, -0.2) is 50.2 Å². The van der Waals surface area contributed by atoms with Crippen LogP contribution in [0.3, 0.4) is 0 Å². The molecular weight excluding hydrogens is 186 g/mol. The maximum Gasteiger partial charge on any atom is 0.0107 e. The van der Waals surface area contributed by atoms with Crippen molar-refractivity contribution in [2.45, 2.75) is 38.1 Å². The molecule has 1 aliphatic carbocycles. The predicted molar refractivity (Wildman–Crippen MR) is 64.2 cm³/mol. The van der Waals surface area contributed by atoms with Gasteiger partial charge in [-0.15, -0.1) is 0 Å². The highest BCUT2D eigenvalue weighted by molar-refractivity contribution is 4.74. The summed E-state index contributed by atoms with van der Waals surface area (Å²) in [7, 11) is 0. The molecule has 3 heteroatoms. The van der Waals surface area contributed by atoms with Gasteiger partial charge in [-0.1, -0.05) is 12.8 Å². The summed E-state index contributed by atoms with van der Waals surface area (Å²) in [5.41, 5.74) is 0. The fourth-order valence-electron chi connectivity index (χ4n) is 2.67. The van der Waals surface area contributed by atoms with Gasteiger partial charge in [0.05, 0.1) is 0 Å². The van der Waals surface area contributed by atoms with Gasteiger partial charge in [0, 0.05) is 32.2 Å². The molecule has 0 atom stereocenters. The molecule has 0 unspecified atom stereocenters. The molecule has 1 aliphatic heterocycles. The average Bonchev–Trinajstić information content (AvgIpc) is 2.79. The molecule has 0 bridgehead atoms. The molecule has 1 heterocycles. The molecule has 15 heavy (non-hydrogen) atoms. The van der Waals surface area contributed by atoms with E-state index in [1.165, 1.54) is 71.4 Å². The van der Waals surface area contributed by atoms with Crippen LogP contribution in [0, 0.1) is 0 Å². The maximum atomic E-state index is 3.68. The van der Waals surface area contributed by atoms with Gasteiger partial charge in [-0.05, 0) is 32.4 Å². The van der Waals surface area contributed by atoms with Crippen LogP contribution in [0.1, 0.15) is 32.1 Å². The van der Waals surface area contributed by atoms with Crippen molar-refractivity contribution in [2.24, 2.45) is 0 Å². The molecule has 2 N–H and O–H groups in total. The molecule has 0 amide bonds. The Morgan fingerprint density at radius 3 is 2.60 bits per heavy atom. The van der Waals surface area contributed by atoms with Crippen LogP contribution in [0.2, 0.25) is 0 Å². The standard InChI is InChI=1S/C12H25N3/c1-2-5-12(4-1)14-6-3-9-15-10-7-13-8-11-15/h12-14H,1-11H2. The van der Waals surface area contributed by atoms with Crippen molar-refractivity contribution in [3.05, 3.63) is 0 Å². The molecule has 0 spiro atoms. The first-order valence-corrected chi connectivity index (χ1v) is 6.61. The summed E-state index contributed by atoms with van der Waals surface area (Å²) in [6.45, 7) is 7.33.